The Kier molecular flexibility index (Phi) is 6.40. The molecule has 0 unspecified atom stereocenters. The van der Waals surface area contributed by atoms with Crippen molar-refractivity contribution in [3.8, 4) is 11.8 Å². The van der Waals surface area contributed by atoms with Crippen molar-refractivity contribution in [1.29, 1.82) is 5.26 Å². The summed E-state index contributed by atoms with van der Waals surface area (Å²) in [5.41, 5.74) is -3.45. The number of benzene rings is 1. The van der Waals surface area contributed by atoms with Crippen LogP contribution in [0, 0.1) is 11.3 Å². The molecule has 1 aliphatic heterocycles. The first-order chi connectivity index (χ1) is 15.3. The van der Waals surface area contributed by atoms with Gasteiger partial charge in [-0.05, 0) is 38.1 Å². The molecule has 1 aromatic carbocycles. The van der Waals surface area contributed by atoms with E-state index in [1.54, 1.807) is 6.07 Å². The van der Waals surface area contributed by atoms with Gasteiger partial charge in [-0.2, -0.15) is 23.5 Å². The van der Waals surface area contributed by atoms with Crippen LogP contribution in [-0.2, 0) is 16.9 Å². The van der Waals surface area contributed by atoms with Crippen LogP contribution in [0.25, 0.3) is 0 Å². The van der Waals surface area contributed by atoms with Crippen LogP contribution in [0.3, 0.4) is 0 Å². The number of H-pyrrole nitrogens is 1. The Morgan fingerprint density at radius 1 is 1.27 bits per heavy atom. The molecule has 3 N–H and O–H groups in total. The number of rotatable bonds is 5. The Morgan fingerprint density at radius 3 is 2.58 bits per heavy atom. The molecule has 0 fully saturated rings. The van der Waals surface area contributed by atoms with Crippen LogP contribution in [0.15, 0.2) is 40.5 Å². The summed E-state index contributed by atoms with van der Waals surface area (Å²) in [5.74, 6) is -2.40. The molecular weight excluding hydrogens is 467 g/mol. The summed E-state index contributed by atoms with van der Waals surface area (Å²) in [7, 11) is 0. The monoisotopic (exact) mass is 483 g/mol. The second-order valence-electron chi connectivity index (χ2n) is 7.59. The zero-order valence-corrected chi connectivity index (χ0v) is 18.0. The van der Waals surface area contributed by atoms with E-state index in [4.69, 9.17) is 21.6 Å². The third-order valence-corrected chi connectivity index (χ3v) is 4.75. The number of halogens is 4. The SMILES string of the molecule is CC(C)(O)c1cc(CN2CNC(C(F)(F)F)=C(Oc3cc(Cl)cc(C#N)c3)C2=O)n[nH]c1=O. The predicted octanol–water partition coefficient (Wildman–Crippen LogP) is 2.26. The highest BCUT2D eigenvalue weighted by molar-refractivity contribution is 6.30. The van der Waals surface area contributed by atoms with Crippen molar-refractivity contribution in [2.45, 2.75) is 32.2 Å². The third-order valence-electron chi connectivity index (χ3n) is 4.53. The number of aromatic nitrogens is 2. The highest BCUT2D eigenvalue weighted by Gasteiger charge is 2.44. The maximum Gasteiger partial charge on any atom is 0.434 e. The van der Waals surface area contributed by atoms with E-state index >= 15 is 0 Å². The fourth-order valence-electron chi connectivity index (χ4n) is 3.01. The maximum atomic E-state index is 13.5. The molecule has 0 radical (unpaired) electrons. The van der Waals surface area contributed by atoms with Gasteiger partial charge in [-0.25, -0.2) is 5.10 Å². The molecular formula is C20H17ClF3N5O4. The van der Waals surface area contributed by atoms with Gasteiger partial charge in [-0.15, -0.1) is 0 Å². The Balaban J connectivity index is 1.96. The van der Waals surface area contributed by atoms with E-state index in [0.717, 1.165) is 17.0 Å². The second kappa shape index (κ2) is 8.76. The highest BCUT2D eigenvalue weighted by atomic mass is 35.5. The summed E-state index contributed by atoms with van der Waals surface area (Å²) in [4.78, 5) is 25.8. The lowest BCUT2D eigenvalue weighted by molar-refractivity contribution is -0.137. The molecule has 0 saturated heterocycles. The minimum atomic E-state index is -4.93. The predicted molar refractivity (Wildman–Crippen MR) is 109 cm³/mol. The topological polar surface area (TPSA) is 131 Å². The largest absolute Gasteiger partial charge is 0.449 e. The van der Waals surface area contributed by atoms with Gasteiger partial charge in [0.15, 0.2) is 5.70 Å². The molecule has 0 bridgehead atoms. The quantitative estimate of drug-likeness (QED) is 0.594. The van der Waals surface area contributed by atoms with Gasteiger partial charge in [0.25, 0.3) is 11.5 Å². The van der Waals surface area contributed by atoms with Crippen LogP contribution in [0.2, 0.25) is 5.02 Å². The normalized spacial score (nSPS) is 14.7. The number of carbonyl (C=O) groups excluding carboxylic acids is 1. The van der Waals surface area contributed by atoms with Gasteiger partial charge in [-0.3, -0.25) is 9.59 Å². The van der Waals surface area contributed by atoms with E-state index in [2.05, 4.69) is 15.5 Å². The molecule has 9 nitrogen and oxygen atoms in total. The molecule has 0 atom stereocenters. The first kappa shape index (κ1) is 24.1. The van der Waals surface area contributed by atoms with E-state index in [-0.39, 0.29) is 34.1 Å². The van der Waals surface area contributed by atoms with Crippen LogP contribution in [0.5, 0.6) is 5.75 Å². The summed E-state index contributed by atoms with van der Waals surface area (Å²) < 4.78 is 45.9. The van der Waals surface area contributed by atoms with Crippen LogP contribution < -0.4 is 15.6 Å². The number of aromatic amines is 1. The molecule has 2 aromatic rings. The molecule has 0 aliphatic carbocycles. The highest BCUT2D eigenvalue weighted by Crippen LogP contribution is 2.32. The van der Waals surface area contributed by atoms with Gasteiger partial charge in [0.1, 0.15) is 5.75 Å². The molecule has 1 aromatic heterocycles. The van der Waals surface area contributed by atoms with Crippen molar-refractivity contribution >= 4 is 17.5 Å². The number of nitriles is 1. The lowest BCUT2D eigenvalue weighted by atomic mass is 10.00. The van der Waals surface area contributed by atoms with Gasteiger partial charge in [0, 0.05) is 5.02 Å². The molecule has 174 valence electrons. The minimum Gasteiger partial charge on any atom is -0.449 e. The molecule has 33 heavy (non-hydrogen) atoms. The van der Waals surface area contributed by atoms with Crippen molar-refractivity contribution in [1.82, 2.24) is 20.4 Å². The fraction of sp³-hybridized carbons (Fsp3) is 0.300. The van der Waals surface area contributed by atoms with E-state index in [9.17, 15) is 27.9 Å². The Bertz CT molecular complexity index is 1230. The van der Waals surface area contributed by atoms with Crippen LogP contribution >= 0.6 is 11.6 Å². The Hall–Kier alpha value is -3.56. The second-order valence-corrected chi connectivity index (χ2v) is 8.03. The minimum absolute atomic E-state index is 0.0244. The standard InChI is InChI=1S/C20H17ClF3N5O4/c1-19(2,32)14-6-12(27-28-17(14)30)8-29-9-26-16(20(22,23)24)15(18(29)31)33-13-4-10(7-25)3-11(21)5-13/h3-6,26,32H,8-9H2,1-2H3,(H,28,30). The number of carbonyl (C=O) groups is 1. The zero-order chi connectivity index (χ0) is 24.6. The number of aliphatic hydroxyl groups is 1. The van der Waals surface area contributed by atoms with Crippen molar-refractivity contribution < 1.29 is 27.8 Å². The molecule has 1 amide bonds. The number of amides is 1. The zero-order valence-electron chi connectivity index (χ0n) is 17.2. The molecule has 13 heteroatoms. The number of ether oxygens (including phenoxy) is 1. The molecule has 0 saturated carbocycles. The fourth-order valence-corrected chi connectivity index (χ4v) is 3.24. The van der Waals surface area contributed by atoms with E-state index in [0.29, 0.717) is 0 Å². The maximum absolute atomic E-state index is 13.5. The first-order valence-corrected chi connectivity index (χ1v) is 9.72. The van der Waals surface area contributed by atoms with Crippen LogP contribution in [0.1, 0.15) is 30.7 Å². The average molecular weight is 484 g/mol. The number of allylic oxidation sites excluding steroid dienone is 1. The van der Waals surface area contributed by atoms with Crippen molar-refractivity contribution in [3.05, 3.63) is 67.9 Å². The molecule has 1 aliphatic rings. The summed E-state index contributed by atoms with van der Waals surface area (Å²) >= 11 is 5.87. The number of nitrogens with zero attached hydrogens (tertiary/aromatic N) is 3. The average Bonchev–Trinajstić information content (AvgIpc) is 2.70. The van der Waals surface area contributed by atoms with Gasteiger partial charge < -0.3 is 20.1 Å². The Morgan fingerprint density at radius 2 is 1.97 bits per heavy atom. The van der Waals surface area contributed by atoms with E-state index in [1.807, 2.05) is 0 Å². The lowest BCUT2D eigenvalue weighted by Gasteiger charge is -2.31. The van der Waals surface area contributed by atoms with Gasteiger partial charge in [-0.1, -0.05) is 11.6 Å². The third kappa shape index (κ3) is 5.44. The summed E-state index contributed by atoms with van der Waals surface area (Å²) in [6.45, 7) is 1.92. The van der Waals surface area contributed by atoms with Gasteiger partial charge in [0.05, 0.1) is 41.7 Å². The summed E-state index contributed by atoms with van der Waals surface area (Å²) in [6, 6.07) is 6.62. The number of hydrogen-bond acceptors (Lipinski definition) is 7. The van der Waals surface area contributed by atoms with Crippen molar-refractivity contribution in [2.24, 2.45) is 0 Å². The lowest BCUT2D eigenvalue weighted by Crippen LogP contribution is -2.49. The first-order valence-electron chi connectivity index (χ1n) is 9.34. The summed E-state index contributed by atoms with van der Waals surface area (Å²) in [5, 5.41) is 27.3. The summed E-state index contributed by atoms with van der Waals surface area (Å²) in [6.07, 6.45) is -4.93. The smallest absolute Gasteiger partial charge is 0.434 e. The van der Waals surface area contributed by atoms with Crippen LogP contribution in [-0.4, -0.2) is 39.0 Å². The number of hydrogen-bond donors (Lipinski definition) is 3. The van der Waals surface area contributed by atoms with Gasteiger partial charge >= 0.3 is 6.18 Å². The van der Waals surface area contributed by atoms with Crippen LogP contribution in [0.4, 0.5) is 13.2 Å². The molecule has 3 rings (SSSR count). The Labute approximate surface area is 190 Å². The molecule has 2 heterocycles. The molecule has 0 spiro atoms. The van der Waals surface area contributed by atoms with E-state index < -0.39 is 41.4 Å². The number of alkyl halides is 3. The van der Waals surface area contributed by atoms with Crippen molar-refractivity contribution in [2.75, 3.05) is 6.67 Å². The van der Waals surface area contributed by atoms with Gasteiger partial charge in [0.2, 0.25) is 5.76 Å². The number of nitrogens with one attached hydrogen (secondary N) is 2. The van der Waals surface area contributed by atoms with E-state index in [1.165, 1.54) is 26.0 Å². The van der Waals surface area contributed by atoms with Crippen molar-refractivity contribution in [3.63, 3.8) is 0 Å².